The fraction of sp³-hybridized carbons (Fsp3) is 0.222. The Labute approximate surface area is 130 Å². The lowest BCUT2D eigenvalue weighted by Crippen LogP contribution is -2.41. The van der Waals surface area contributed by atoms with Crippen molar-refractivity contribution >= 4 is 17.5 Å². The zero-order valence-electron chi connectivity index (χ0n) is 13.0. The van der Waals surface area contributed by atoms with Gasteiger partial charge < -0.3 is 10.6 Å². The average molecular weight is 296 g/mol. The van der Waals surface area contributed by atoms with E-state index in [1.807, 2.05) is 38.1 Å². The number of amides is 2. The Morgan fingerprint density at radius 3 is 2.32 bits per heavy atom. The molecule has 0 aliphatic heterocycles. The lowest BCUT2D eigenvalue weighted by atomic mass is 10.1. The molecular weight excluding hydrogens is 276 g/mol. The topological polar surface area (TPSA) is 58.2 Å². The largest absolute Gasteiger partial charge is 0.341 e. The van der Waals surface area contributed by atoms with Crippen molar-refractivity contribution in [3.63, 3.8) is 0 Å². The van der Waals surface area contributed by atoms with E-state index in [1.165, 1.54) is 0 Å². The van der Waals surface area contributed by atoms with Crippen molar-refractivity contribution in [2.24, 2.45) is 0 Å². The second-order valence-corrected chi connectivity index (χ2v) is 5.37. The smallest absolute Gasteiger partial charge is 0.251 e. The summed E-state index contributed by atoms with van der Waals surface area (Å²) in [7, 11) is 0. The van der Waals surface area contributed by atoms with E-state index < -0.39 is 6.04 Å². The molecule has 1 unspecified atom stereocenters. The van der Waals surface area contributed by atoms with Crippen molar-refractivity contribution in [1.29, 1.82) is 0 Å². The predicted molar refractivity (Wildman–Crippen MR) is 87.9 cm³/mol. The fourth-order valence-corrected chi connectivity index (χ4v) is 2.13. The molecule has 0 saturated heterocycles. The van der Waals surface area contributed by atoms with E-state index in [1.54, 1.807) is 31.2 Å². The Morgan fingerprint density at radius 1 is 1.00 bits per heavy atom. The molecule has 0 radical (unpaired) electrons. The average Bonchev–Trinajstić information content (AvgIpc) is 2.50. The van der Waals surface area contributed by atoms with Crippen LogP contribution in [0.3, 0.4) is 0 Å². The number of nitrogens with one attached hydrogen (secondary N) is 2. The van der Waals surface area contributed by atoms with Crippen molar-refractivity contribution in [3.8, 4) is 0 Å². The van der Waals surface area contributed by atoms with E-state index in [2.05, 4.69) is 10.6 Å². The number of hydrogen-bond acceptors (Lipinski definition) is 2. The van der Waals surface area contributed by atoms with Crippen LogP contribution in [0.25, 0.3) is 0 Å². The molecule has 0 heterocycles. The van der Waals surface area contributed by atoms with Crippen LogP contribution >= 0.6 is 0 Å². The molecule has 114 valence electrons. The maximum absolute atomic E-state index is 12.2. The number of aryl methyl sites for hydroxylation is 2. The third-order valence-corrected chi connectivity index (χ3v) is 3.42. The second kappa shape index (κ2) is 6.89. The number of carbonyl (C=O) groups excluding carboxylic acids is 2. The van der Waals surface area contributed by atoms with Crippen LogP contribution < -0.4 is 10.6 Å². The molecule has 4 heteroatoms. The van der Waals surface area contributed by atoms with E-state index in [9.17, 15) is 9.59 Å². The van der Waals surface area contributed by atoms with E-state index >= 15 is 0 Å². The summed E-state index contributed by atoms with van der Waals surface area (Å²) in [6, 6.07) is 14.0. The van der Waals surface area contributed by atoms with Crippen LogP contribution in [-0.2, 0) is 4.79 Å². The minimum atomic E-state index is -0.617. The van der Waals surface area contributed by atoms with Crippen LogP contribution in [-0.4, -0.2) is 17.9 Å². The van der Waals surface area contributed by atoms with Gasteiger partial charge in [-0.1, -0.05) is 35.9 Å². The molecule has 22 heavy (non-hydrogen) atoms. The molecule has 0 fully saturated rings. The summed E-state index contributed by atoms with van der Waals surface area (Å²) in [4.78, 5) is 24.2. The highest BCUT2D eigenvalue weighted by Crippen LogP contribution is 2.16. The van der Waals surface area contributed by atoms with Crippen LogP contribution in [0.1, 0.15) is 28.4 Å². The zero-order chi connectivity index (χ0) is 16.1. The Bertz CT molecular complexity index is 681. The van der Waals surface area contributed by atoms with Crippen LogP contribution in [0, 0.1) is 13.8 Å². The molecule has 0 saturated carbocycles. The summed E-state index contributed by atoms with van der Waals surface area (Å²) in [6.45, 7) is 5.61. The summed E-state index contributed by atoms with van der Waals surface area (Å²) in [5.74, 6) is -0.500. The first kappa shape index (κ1) is 15.8. The molecule has 0 aromatic heterocycles. The molecule has 1 atom stereocenters. The highest BCUT2D eigenvalue weighted by Gasteiger charge is 2.17. The molecule has 0 aliphatic carbocycles. The van der Waals surface area contributed by atoms with Crippen molar-refractivity contribution < 1.29 is 9.59 Å². The Hall–Kier alpha value is -2.62. The number of rotatable bonds is 4. The van der Waals surface area contributed by atoms with Gasteiger partial charge in [0.15, 0.2) is 0 Å². The Kier molecular flexibility index (Phi) is 4.94. The second-order valence-electron chi connectivity index (χ2n) is 5.37. The normalized spacial score (nSPS) is 11.6. The summed E-state index contributed by atoms with van der Waals surface area (Å²) in [5.41, 5.74) is 3.43. The molecule has 0 aliphatic rings. The number of carbonyl (C=O) groups is 2. The molecule has 2 rings (SSSR count). The van der Waals surface area contributed by atoms with Crippen molar-refractivity contribution in [1.82, 2.24) is 5.32 Å². The van der Waals surface area contributed by atoms with E-state index in [0.29, 0.717) is 5.56 Å². The summed E-state index contributed by atoms with van der Waals surface area (Å²) < 4.78 is 0. The molecule has 0 spiro atoms. The predicted octanol–water partition coefficient (Wildman–Crippen LogP) is 3.06. The van der Waals surface area contributed by atoms with E-state index in [0.717, 1.165) is 16.8 Å². The van der Waals surface area contributed by atoms with Gasteiger partial charge in [0.25, 0.3) is 5.91 Å². The Balaban J connectivity index is 1.99. The number of benzene rings is 2. The Morgan fingerprint density at radius 2 is 1.68 bits per heavy atom. The van der Waals surface area contributed by atoms with Gasteiger partial charge in [-0.05, 0) is 44.5 Å². The minimum absolute atomic E-state index is 0.240. The van der Waals surface area contributed by atoms with Gasteiger partial charge >= 0.3 is 0 Å². The van der Waals surface area contributed by atoms with Crippen LogP contribution in [0.15, 0.2) is 48.5 Å². The van der Waals surface area contributed by atoms with Gasteiger partial charge in [-0.15, -0.1) is 0 Å². The third kappa shape index (κ3) is 3.95. The maximum atomic E-state index is 12.2. The molecule has 4 nitrogen and oxygen atoms in total. The number of hydrogen-bond donors (Lipinski definition) is 2. The van der Waals surface area contributed by atoms with Crippen molar-refractivity contribution in [3.05, 3.63) is 65.2 Å². The van der Waals surface area contributed by atoms with Gasteiger partial charge in [0, 0.05) is 11.3 Å². The van der Waals surface area contributed by atoms with Crippen LogP contribution in [0.5, 0.6) is 0 Å². The van der Waals surface area contributed by atoms with Crippen molar-refractivity contribution in [2.45, 2.75) is 26.8 Å². The summed E-state index contributed by atoms with van der Waals surface area (Å²) >= 11 is 0. The summed E-state index contributed by atoms with van der Waals surface area (Å²) in [6.07, 6.45) is 0. The SMILES string of the molecule is Cc1ccc(NC(=O)C(C)NC(=O)c2ccccc2)c(C)c1. The molecule has 2 aromatic carbocycles. The fourth-order valence-electron chi connectivity index (χ4n) is 2.13. The van der Waals surface area contributed by atoms with Gasteiger partial charge in [0.2, 0.25) is 5.91 Å². The first-order valence-corrected chi connectivity index (χ1v) is 7.21. The molecule has 2 aromatic rings. The quantitative estimate of drug-likeness (QED) is 0.911. The summed E-state index contributed by atoms with van der Waals surface area (Å²) in [5, 5.41) is 5.54. The molecule has 2 N–H and O–H groups in total. The van der Waals surface area contributed by atoms with Crippen molar-refractivity contribution in [2.75, 3.05) is 5.32 Å². The van der Waals surface area contributed by atoms with Gasteiger partial charge in [-0.3, -0.25) is 9.59 Å². The maximum Gasteiger partial charge on any atom is 0.251 e. The van der Waals surface area contributed by atoms with Gasteiger partial charge in [0.1, 0.15) is 6.04 Å². The van der Waals surface area contributed by atoms with Gasteiger partial charge in [0.05, 0.1) is 0 Å². The lowest BCUT2D eigenvalue weighted by molar-refractivity contribution is -0.117. The molecule has 2 amide bonds. The van der Waals surface area contributed by atoms with Crippen LogP contribution in [0.2, 0.25) is 0 Å². The monoisotopic (exact) mass is 296 g/mol. The number of anilines is 1. The minimum Gasteiger partial charge on any atom is -0.341 e. The molecule has 0 bridgehead atoms. The zero-order valence-corrected chi connectivity index (χ0v) is 13.0. The lowest BCUT2D eigenvalue weighted by Gasteiger charge is -2.15. The third-order valence-electron chi connectivity index (χ3n) is 3.42. The highest BCUT2D eigenvalue weighted by atomic mass is 16.2. The van der Waals surface area contributed by atoms with Gasteiger partial charge in [-0.2, -0.15) is 0 Å². The highest BCUT2D eigenvalue weighted by molar-refractivity contribution is 6.01. The van der Waals surface area contributed by atoms with E-state index in [4.69, 9.17) is 0 Å². The van der Waals surface area contributed by atoms with Gasteiger partial charge in [-0.25, -0.2) is 0 Å². The first-order chi connectivity index (χ1) is 10.5. The van der Waals surface area contributed by atoms with Crippen LogP contribution in [0.4, 0.5) is 5.69 Å². The molecular formula is C18H20N2O2. The standard InChI is InChI=1S/C18H20N2O2/c1-12-9-10-16(13(2)11-12)20-17(21)14(3)19-18(22)15-7-5-4-6-8-15/h4-11,14H,1-3H3,(H,19,22)(H,20,21). The van der Waals surface area contributed by atoms with E-state index in [-0.39, 0.29) is 11.8 Å². The first-order valence-electron chi connectivity index (χ1n) is 7.21.